The maximum absolute atomic E-state index is 3.69. The van der Waals surface area contributed by atoms with Crippen LogP contribution in [0, 0.1) is 5.92 Å². The molecule has 0 bridgehead atoms. The summed E-state index contributed by atoms with van der Waals surface area (Å²) in [4.78, 5) is 2.42. The number of piperidine rings is 1. The Balaban J connectivity index is 1.79. The van der Waals surface area contributed by atoms with Crippen molar-refractivity contribution < 1.29 is 0 Å². The van der Waals surface area contributed by atoms with E-state index < -0.39 is 0 Å². The van der Waals surface area contributed by atoms with E-state index in [4.69, 9.17) is 0 Å². The summed E-state index contributed by atoms with van der Waals surface area (Å²) in [6.45, 7) is 5.82. The van der Waals surface area contributed by atoms with Crippen LogP contribution in [-0.2, 0) is 13.0 Å². The second-order valence-corrected chi connectivity index (χ2v) is 6.16. The van der Waals surface area contributed by atoms with Crippen molar-refractivity contribution in [1.82, 2.24) is 10.2 Å². The molecule has 2 aliphatic heterocycles. The highest BCUT2D eigenvalue weighted by Crippen LogP contribution is 2.28. The first kappa shape index (κ1) is 12.2. The number of rotatable bonds is 1. The summed E-state index contributed by atoms with van der Waals surface area (Å²) in [5.41, 5.74) is 4.60. The molecule has 2 heteroatoms. The van der Waals surface area contributed by atoms with Gasteiger partial charge in [0, 0.05) is 19.1 Å². The van der Waals surface area contributed by atoms with Crippen molar-refractivity contribution in [2.24, 2.45) is 5.92 Å². The Morgan fingerprint density at radius 1 is 1.22 bits per heavy atom. The minimum atomic E-state index is 0.582. The molecule has 0 spiro atoms. The third-order valence-corrected chi connectivity index (χ3v) is 4.50. The van der Waals surface area contributed by atoms with Crippen molar-refractivity contribution in [2.45, 2.75) is 38.8 Å². The fraction of sp³-hybridized carbons (Fsp3) is 0.625. The Hall–Kier alpha value is -0.860. The van der Waals surface area contributed by atoms with Gasteiger partial charge in [0.05, 0.1) is 0 Å². The smallest absolute Gasteiger partial charge is 0.0320 e. The highest BCUT2D eigenvalue weighted by Gasteiger charge is 2.20. The van der Waals surface area contributed by atoms with Gasteiger partial charge in [0.1, 0.15) is 0 Å². The van der Waals surface area contributed by atoms with E-state index in [-0.39, 0.29) is 0 Å². The summed E-state index contributed by atoms with van der Waals surface area (Å²) in [6.07, 6.45) is 3.85. The van der Waals surface area contributed by atoms with Crippen molar-refractivity contribution in [3.63, 3.8) is 0 Å². The summed E-state index contributed by atoms with van der Waals surface area (Å²) in [5.74, 6) is 0.838. The van der Waals surface area contributed by atoms with Gasteiger partial charge in [-0.1, -0.05) is 25.1 Å². The van der Waals surface area contributed by atoms with Gasteiger partial charge in [0.15, 0.2) is 0 Å². The predicted molar refractivity (Wildman–Crippen MR) is 75.6 cm³/mol. The number of nitrogens with one attached hydrogen (secondary N) is 1. The number of hydrogen-bond acceptors (Lipinski definition) is 2. The second-order valence-electron chi connectivity index (χ2n) is 6.16. The van der Waals surface area contributed by atoms with Gasteiger partial charge in [-0.25, -0.2) is 0 Å². The van der Waals surface area contributed by atoms with Crippen LogP contribution >= 0.6 is 0 Å². The molecule has 2 aliphatic rings. The Labute approximate surface area is 110 Å². The van der Waals surface area contributed by atoms with E-state index in [1.54, 1.807) is 11.1 Å². The van der Waals surface area contributed by atoms with Crippen molar-refractivity contribution in [3.8, 4) is 0 Å². The number of likely N-dealkylation sites (N-methyl/N-ethyl adjacent to an activating group) is 1. The predicted octanol–water partition coefficient (Wildman–Crippen LogP) is 2.74. The monoisotopic (exact) mass is 244 g/mol. The molecule has 0 unspecified atom stereocenters. The quantitative estimate of drug-likeness (QED) is 0.817. The minimum absolute atomic E-state index is 0.582. The van der Waals surface area contributed by atoms with E-state index in [2.05, 4.69) is 42.4 Å². The molecule has 98 valence electrons. The van der Waals surface area contributed by atoms with E-state index >= 15 is 0 Å². The molecular formula is C16H24N2. The molecule has 0 amide bonds. The first-order chi connectivity index (χ1) is 8.72. The standard InChI is InChI=1S/C16H24N2/c1-12-3-6-16(17-10-12)14-5-4-13-7-8-18(2)11-15(13)9-14/h4-5,9,12,16-17H,3,6-8,10-11H2,1-2H3/t12-,16+/m0/s1. The zero-order chi connectivity index (χ0) is 12.5. The molecule has 1 N–H and O–H groups in total. The molecule has 2 atom stereocenters. The molecule has 0 radical (unpaired) electrons. The zero-order valence-electron chi connectivity index (χ0n) is 11.6. The molecule has 3 rings (SSSR count). The lowest BCUT2D eigenvalue weighted by atomic mass is 9.89. The van der Waals surface area contributed by atoms with Gasteiger partial charge in [0.2, 0.25) is 0 Å². The summed E-state index contributed by atoms with van der Waals surface area (Å²) in [7, 11) is 2.22. The normalized spacial score (nSPS) is 29.0. The average molecular weight is 244 g/mol. The van der Waals surface area contributed by atoms with Crippen LogP contribution in [0.4, 0.5) is 0 Å². The first-order valence-corrected chi connectivity index (χ1v) is 7.26. The topological polar surface area (TPSA) is 15.3 Å². The molecule has 1 fully saturated rings. The number of fused-ring (bicyclic) bond motifs is 1. The highest BCUT2D eigenvalue weighted by atomic mass is 15.1. The molecule has 0 saturated carbocycles. The van der Waals surface area contributed by atoms with Crippen LogP contribution in [0.25, 0.3) is 0 Å². The molecule has 18 heavy (non-hydrogen) atoms. The van der Waals surface area contributed by atoms with E-state index in [0.29, 0.717) is 6.04 Å². The van der Waals surface area contributed by atoms with E-state index in [1.807, 2.05) is 0 Å². The molecule has 1 aromatic carbocycles. The minimum Gasteiger partial charge on any atom is -0.310 e. The largest absolute Gasteiger partial charge is 0.310 e. The Morgan fingerprint density at radius 2 is 2.11 bits per heavy atom. The van der Waals surface area contributed by atoms with E-state index in [1.165, 1.54) is 37.9 Å². The van der Waals surface area contributed by atoms with Crippen molar-refractivity contribution in [1.29, 1.82) is 0 Å². The molecular weight excluding hydrogens is 220 g/mol. The third kappa shape index (κ3) is 2.45. The van der Waals surface area contributed by atoms with Crippen LogP contribution in [0.3, 0.4) is 0 Å². The van der Waals surface area contributed by atoms with Crippen LogP contribution in [0.5, 0.6) is 0 Å². The molecule has 1 saturated heterocycles. The lowest BCUT2D eigenvalue weighted by Gasteiger charge is -2.30. The number of benzene rings is 1. The zero-order valence-corrected chi connectivity index (χ0v) is 11.6. The van der Waals surface area contributed by atoms with E-state index in [0.717, 1.165) is 12.5 Å². The lowest BCUT2D eigenvalue weighted by Crippen LogP contribution is -2.32. The number of hydrogen-bond donors (Lipinski definition) is 1. The second kappa shape index (κ2) is 5.02. The summed E-state index contributed by atoms with van der Waals surface area (Å²) < 4.78 is 0. The van der Waals surface area contributed by atoms with Crippen molar-refractivity contribution >= 4 is 0 Å². The lowest BCUT2D eigenvalue weighted by molar-refractivity contribution is 0.311. The first-order valence-electron chi connectivity index (χ1n) is 7.26. The van der Waals surface area contributed by atoms with Gasteiger partial charge >= 0.3 is 0 Å². The Bertz CT molecular complexity index is 419. The molecule has 2 heterocycles. The molecule has 2 nitrogen and oxygen atoms in total. The van der Waals surface area contributed by atoms with Crippen molar-refractivity contribution in [3.05, 3.63) is 34.9 Å². The van der Waals surface area contributed by atoms with Crippen LogP contribution in [0.2, 0.25) is 0 Å². The van der Waals surface area contributed by atoms with E-state index in [9.17, 15) is 0 Å². The maximum atomic E-state index is 3.69. The van der Waals surface area contributed by atoms with Crippen LogP contribution in [0.1, 0.15) is 42.5 Å². The fourth-order valence-electron chi connectivity index (χ4n) is 3.22. The van der Waals surface area contributed by atoms with Gasteiger partial charge in [-0.2, -0.15) is 0 Å². The molecule has 0 aliphatic carbocycles. The Morgan fingerprint density at radius 3 is 2.89 bits per heavy atom. The summed E-state index contributed by atoms with van der Waals surface area (Å²) in [5, 5.41) is 3.69. The third-order valence-electron chi connectivity index (χ3n) is 4.50. The van der Waals surface area contributed by atoms with Gasteiger partial charge in [-0.3, -0.25) is 0 Å². The van der Waals surface area contributed by atoms with Crippen molar-refractivity contribution in [2.75, 3.05) is 20.1 Å². The van der Waals surface area contributed by atoms with Gasteiger partial charge < -0.3 is 10.2 Å². The van der Waals surface area contributed by atoms with Gasteiger partial charge in [-0.05, 0) is 55.5 Å². The summed E-state index contributed by atoms with van der Waals surface area (Å²) in [6, 6.07) is 7.73. The van der Waals surface area contributed by atoms with Gasteiger partial charge in [0.25, 0.3) is 0 Å². The van der Waals surface area contributed by atoms with Crippen LogP contribution in [-0.4, -0.2) is 25.0 Å². The fourth-order valence-corrected chi connectivity index (χ4v) is 3.22. The van der Waals surface area contributed by atoms with Crippen LogP contribution < -0.4 is 5.32 Å². The Kier molecular flexibility index (Phi) is 3.40. The highest BCUT2D eigenvalue weighted by molar-refractivity contribution is 5.35. The maximum Gasteiger partial charge on any atom is 0.0320 e. The van der Waals surface area contributed by atoms with Crippen LogP contribution in [0.15, 0.2) is 18.2 Å². The SMILES string of the molecule is C[C@H]1CC[C@H](c2ccc3c(c2)CN(C)CC3)NC1. The van der Waals surface area contributed by atoms with Gasteiger partial charge in [-0.15, -0.1) is 0 Å². The summed E-state index contributed by atoms with van der Waals surface area (Å²) >= 11 is 0. The molecule has 1 aromatic rings. The number of nitrogens with zero attached hydrogens (tertiary/aromatic N) is 1. The average Bonchev–Trinajstić information content (AvgIpc) is 2.38. The molecule has 0 aromatic heterocycles.